The fourth-order valence-electron chi connectivity index (χ4n) is 5.18. The van der Waals surface area contributed by atoms with Crippen LogP contribution in [0.4, 0.5) is 5.95 Å². The van der Waals surface area contributed by atoms with E-state index in [1.165, 1.54) is 11.1 Å². The lowest BCUT2D eigenvalue weighted by Gasteiger charge is -2.32. The lowest BCUT2D eigenvalue weighted by Crippen LogP contribution is -2.41. The summed E-state index contributed by atoms with van der Waals surface area (Å²) < 4.78 is 13.2. The van der Waals surface area contributed by atoms with E-state index in [-0.39, 0.29) is 11.8 Å². The molecular weight excluding hydrogens is 464 g/mol. The van der Waals surface area contributed by atoms with Crippen molar-refractivity contribution in [3.05, 3.63) is 83.4 Å². The lowest BCUT2D eigenvalue weighted by atomic mass is 9.96. The monoisotopic (exact) mass is 498 g/mol. The van der Waals surface area contributed by atoms with E-state index in [9.17, 15) is 4.79 Å². The quantitative estimate of drug-likeness (QED) is 0.373. The van der Waals surface area contributed by atoms with Gasteiger partial charge in [-0.2, -0.15) is 0 Å². The van der Waals surface area contributed by atoms with Crippen molar-refractivity contribution >= 4 is 22.9 Å². The summed E-state index contributed by atoms with van der Waals surface area (Å²) in [5, 5.41) is 3.11. The van der Waals surface area contributed by atoms with Gasteiger partial charge in [0.05, 0.1) is 31.8 Å². The summed E-state index contributed by atoms with van der Waals surface area (Å²) in [6.45, 7) is 4.91. The number of amides is 1. The summed E-state index contributed by atoms with van der Waals surface area (Å²) in [6.07, 6.45) is 1.57. The molecule has 1 aliphatic heterocycles. The number of benzene rings is 3. The van der Waals surface area contributed by atoms with Gasteiger partial charge in [0, 0.05) is 31.1 Å². The number of aryl methyl sites for hydroxylation is 1. The maximum atomic E-state index is 13.0. The SMILES string of the molecule is COc1cccc(CNC(=O)C2CCN(c3nc4ccccc4n3Cc3ccccc3C)CC2)c1OC. The third kappa shape index (κ3) is 5.12. The second-order valence-electron chi connectivity index (χ2n) is 9.54. The van der Waals surface area contributed by atoms with Crippen LogP contribution >= 0.6 is 0 Å². The first kappa shape index (κ1) is 24.7. The Kier molecular flexibility index (Phi) is 7.30. The van der Waals surface area contributed by atoms with Crippen LogP contribution in [0.15, 0.2) is 66.7 Å². The zero-order valence-electron chi connectivity index (χ0n) is 21.7. The standard InChI is InChI=1S/C30H34N4O3/c1-21-9-4-5-10-24(21)20-34-26-13-7-6-12-25(26)32-30(34)33-17-15-22(16-18-33)29(35)31-19-23-11-8-14-27(36-2)28(23)37-3/h4-14,22H,15-20H2,1-3H3,(H,31,35). The van der Waals surface area contributed by atoms with E-state index in [0.29, 0.717) is 18.0 Å². The molecule has 0 atom stereocenters. The van der Waals surface area contributed by atoms with Gasteiger partial charge in [-0.3, -0.25) is 4.79 Å². The highest BCUT2D eigenvalue weighted by Crippen LogP contribution is 2.31. The number of para-hydroxylation sites is 3. The van der Waals surface area contributed by atoms with Gasteiger partial charge in [0.15, 0.2) is 11.5 Å². The number of nitrogens with zero attached hydrogens (tertiary/aromatic N) is 3. The van der Waals surface area contributed by atoms with Crippen molar-refractivity contribution in [2.45, 2.75) is 32.9 Å². The Morgan fingerprint density at radius 3 is 2.43 bits per heavy atom. The normalized spacial score (nSPS) is 14.1. The molecular formula is C30H34N4O3. The average Bonchev–Trinajstić information content (AvgIpc) is 3.31. The number of piperidine rings is 1. The Balaban J connectivity index is 1.27. The fraction of sp³-hybridized carbons (Fsp3) is 0.333. The van der Waals surface area contributed by atoms with Crippen LogP contribution in [0.3, 0.4) is 0 Å². The third-order valence-corrected chi connectivity index (χ3v) is 7.31. The molecule has 3 aromatic carbocycles. The Morgan fingerprint density at radius 1 is 0.946 bits per heavy atom. The topological polar surface area (TPSA) is 68.6 Å². The highest BCUT2D eigenvalue weighted by molar-refractivity contribution is 5.80. The Hall–Kier alpha value is -4.00. The second-order valence-corrected chi connectivity index (χ2v) is 9.54. The van der Waals surface area contributed by atoms with E-state index < -0.39 is 0 Å². The van der Waals surface area contributed by atoms with E-state index in [2.05, 4.69) is 64.2 Å². The van der Waals surface area contributed by atoms with Gasteiger partial charge in [0.25, 0.3) is 0 Å². The van der Waals surface area contributed by atoms with Gasteiger partial charge in [-0.1, -0.05) is 48.5 Å². The van der Waals surface area contributed by atoms with Crippen molar-refractivity contribution in [1.29, 1.82) is 0 Å². The number of aromatic nitrogens is 2. The Labute approximate surface area is 218 Å². The molecule has 0 radical (unpaired) electrons. The summed E-state index contributed by atoms with van der Waals surface area (Å²) in [4.78, 5) is 20.4. The van der Waals surface area contributed by atoms with E-state index in [1.807, 2.05) is 24.3 Å². The molecule has 1 fully saturated rings. The van der Waals surface area contributed by atoms with E-state index >= 15 is 0 Å². The van der Waals surface area contributed by atoms with Crippen molar-refractivity contribution in [3.8, 4) is 11.5 Å². The van der Waals surface area contributed by atoms with E-state index in [4.69, 9.17) is 14.5 Å². The van der Waals surface area contributed by atoms with Gasteiger partial charge in [-0.05, 0) is 49.1 Å². The van der Waals surface area contributed by atoms with Crippen molar-refractivity contribution in [2.75, 3.05) is 32.2 Å². The number of nitrogens with one attached hydrogen (secondary N) is 1. The van der Waals surface area contributed by atoms with Crippen LogP contribution in [0.1, 0.15) is 29.5 Å². The predicted molar refractivity (Wildman–Crippen MR) is 146 cm³/mol. The summed E-state index contributed by atoms with van der Waals surface area (Å²) >= 11 is 0. The maximum absolute atomic E-state index is 13.0. The molecule has 1 N–H and O–H groups in total. The molecule has 4 aromatic rings. The maximum Gasteiger partial charge on any atom is 0.223 e. The molecule has 0 saturated carbocycles. The van der Waals surface area contributed by atoms with Gasteiger partial charge < -0.3 is 24.3 Å². The minimum Gasteiger partial charge on any atom is -0.493 e. The van der Waals surface area contributed by atoms with Gasteiger partial charge in [-0.15, -0.1) is 0 Å². The van der Waals surface area contributed by atoms with Crippen LogP contribution in [-0.4, -0.2) is 42.8 Å². The highest BCUT2D eigenvalue weighted by Gasteiger charge is 2.28. The minimum atomic E-state index is -0.0259. The smallest absolute Gasteiger partial charge is 0.223 e. The third-order valence-electron chi connectivity index (χ3n) is 7.31. The second kappa shape index (κ2) is 10.9. The number of hydrogen-bond acceptors (Lipinski definition) is 5. The van der Waals surface area contributed by atoms with Crippen LogP contribution in [0.5, 0.6) is 11.5 Å². The lowest BCUT2D eigenvalue weighted by molar-refractivity contribution is -0.125. The summed E-state index contributed by atoms with van der Waals surface area (Å²) in [5.74, 6) is 2.35. The van der Waals surface area contributed by atoms with E-state index in [0.717, 1.165) is 55.0 Å². The van der Waals surface area contributed by atoms with Crippen LogP contribution in [0.25, 0.3) is 11.0 Å². The zero-order valence-corrected chi connectivity index (χ0v) is 21.7. The average molecular weight is 499 g/mol. The first-order valence-electron chi connectivity index (χ1n) is 12.8. The largest absolute Gasteiger partial charge is 0.493 e. The van der Waals surface area contributed by atoms with Gasteiger partial charge in [0.1, 0.15) is 0 Å². The molecule has 0 aliphatic carbocycles. The molecule has 1 aliphatic rings. The van der Waals surface area contributed by atoms with Crippen LogP contribution in [0.2, 0.25) is 0 Å². The molecule has 1 saturated heterocycles. The van der Waals surface area contributed by atoms with Crippen molar-refractivity contribution < 1.29 is 14.3 Å². The summed E-state index contributed by atoms with van der Waals surface area (Å²) in [5.41, 5.74) is 5.59. The molecule has 0 bridgehead atoms. The molecule has 7 nitrogen and oxygen atoms in total. The number of rotatable bonds is 8. The van der Waals surface area contributed by atoms with Crippen LogP contribution in [-0.2, 0) is 17.9 Å². The molecule has 0 spiro atoms. The number of anilines is 1. The van der Waals surface area contributed by atoms with Gasteiger partial charge in [0.2, 0.25) is 11.9 Å². The summed E-state index contributed by atoms with van der Waals surface area (Å²) in [7, 11) is 3.23. The number of methoxy groups -OCH3 is 2. The number of ether oxygens (including phenoxy) is 2. The highest BCUT2D eigenvalue weighted by atomic mass is 16.5. The molecule has 37 heavy (non-hydrogen) atoms. The first-order valence-corrected chi connectivity index (χ1v) is 12.8. The molecule has 2 heterocycles. The van der Waals surface area contributed by atoms with E-state index in [1.54, 1.807) is 14.2 Å². The van der Waals surface area contributed by atoms with Gasteiger partial charge in [-0.25, -0.2) is 4.98 Å². The van der Waals surface area contributed by atoms with Crippen LogP contribution < -0.4 is 19.7 Å². The van der Waals surface area contributed by atoms with Crippen molar-refractivity contribution in [2.24, 2.45) is 5.92 Å². The number of carbonyl (C=O) groups excluding carboxylic acids is 1. The number of carbonyl (C=O) groups is 1. The molecule has 192 valence electrons. The number of fused-ring (bicyclic) bond motifs is 1. The molecule has 1 aromatic heterocycles. The minimum absolute atomic E-state index is 0.0259. The zero-order chi connectivity index (χ0) is 25.8. The molecule has 7 heteroatoms. The predicted octanol–water partition coefficient (Wildman–Crippen LogP) is 4.94. The fourth-order valence-corrected chi connectivity index (χ4v) is 5.18. The van der Waals surface area contributed by atoms with Crippen molar-refractivity contribution in [3.63, 3.8) is 0 Å². The molecule has 1 amide bonds. The first-order chi connectivity index (χ1) is 18.1. The van der Waals surface area contributed by atoms with Crippen molar-refractivity contribution in [1.82, 2.24) is 14.9 Å². The Morgan fingerprint density at radius 2 is 1.68 bits per heavy atom. The molecule has 5 rings (SSSR count). The van der Waals surface area contributed by atoms with Crippen LogP contribution in [0, 0.1) is 12.8 Å². The summed E-state index contributed by atoms with van der Waals surface area (Å²) in [6, 6.07) is 22.5. The number of imidazole rings is 1. The number of hydrogen-bond donors (Lipinski definition) is 1. The molecule has 0 unspecified atom stereocenters. The van der Waals surface area contributed by atoms with Gasteiger partial charge >= 0.3 is 0 Å². The Bertz CT molecular complexity index is 1390.